The molecule has 2 aliphatic rings. The van der Waals surface area contributed by atoms with E-state index < -0.39 is 10.2 Å². The number of rotatable bonds is 6. The van der Waals surface area contributed by atoms with Gasteiger partial charge in [-0.05, 0) is 37.0 Å². The first-order valence-corrected chi connectivity index (χ1v) is 10.6. The highest BCUT2D eigenvalue weighted by molar-refractivity contribution is 7.87. The normalized spacial score (nSPS) is 18.5. The Morgan fingerprint density at radius 3 is 2.68 bits per heavy atom. The lowest BCUT2D eigenvalue weighted by Gasteiger charge is -2.30. The van der Waals surface area contributed by atoms with Crippen LogP contribution in [0.1, 0.15) is 37.7 Å². The van der Waals surface area contributed by atoms with E-state index in [1.807, 2.05) is 6.07 Å². The van der Waals surface area contributed by atoms with Gasteiger partial charge in [0.25, 0.3) is 10.2 Å². The maximum Gasteiger partial charge on any atom is 0.279 e. The van der Waals surface area contributed by atoms with E-state index in [-0.39, 0.29) is 6.04 Å². The van der Waals surface area contributed by atoms with Gasteiger partial charge in [0, 0.05) is 19.6 Å². The Kier molecular flexibility index (Phi) is 6.09. The molecule has 3 rings (SSSR count). The van der Waals surface area contributed by atoms with Gasteiger partial charge in [-0.15, -0.1) is 0 Å². The fourth-order valence-corrected chi connectivity index (χ4v) is 4.83. The van der Waals surface area contributed by atoms with Crippen LogP contribution in [-0.4, -0.2) is 45.6 Å². The second-order valence-electron chi connectivity index (χ2n) is 6.56. The van der Waals surface area contributed by atoms with Crippen molar-refractivity contribution in [2.45, 2.75) is 44.6 Å². The van der Waals surface area contributed by atoms with Crippen molar-refractivity contribution in [2.75, 3.05) is 26.8 Å². The molecule has 1 heterocycles. The topological polar surface area (TPSA) is 67.9 Å². The van der Waals surface area contributed by atoms with Crippen LogP contribution in [0.5, 0.6) is 11.5 Å². The summed E-state index contributed by atoms with van der Waals surface area (Å²) in [5.74, 6) is 1.19. The van der Waals surface area contributed by atoms with E-state index in [0.29, 0.717) is 42.7 Å². The molecule has 0 atom stereocenters. The first-order chi connectivity index (χ1) is 12.0. The summed E-state index contributed by atoms with van der Waals surface area (Å²) in [6.45, 7) is 1.29. The van der Waals surface area contributed by atoms with Crippen LogP contribution in [0.15, 0.2) is 12.1 Å². The molecule has 25 heavy (non-hydrogen) atoms. The summed E-state index contributed by atoms with van der Waals surface area (Å²) in [6, 6.07) is 3.77. The van der Waals surface area contributed by atoms with Crippen LogP contribution in [0.25, 0.3) is 0 Å². The highest BCUT2D eigenvalue weighted by Gasteiger charge is 2.27. The number of hydrogen-bond donors (Lipinski definition) is 1. The van der Waals surface area contributed by atoms with E-state index in [1.54, 1.807) is 13.1 Å². The third-order valence-electron chi connectivity index (χ3n) is 4.82. The fraction of sp³-hybridized carbons (Fsp3) is 0.647. The van der Waals surface area contributed by atoms with E-state index in [4.69, 9.17) is 21.1 Å². The molecule has 8 heteroatoms. The lowest BCUT2D eigenvalue weighted by Crippen LogP contribution is -2.45. The molecule has 6 nitrogen and oxygen atoms in total. The molecule has 1 N–H and O–H groups in total. The van der Waals surface area contributed by atoms with Crippen molar-refractivity contribution in [3.63, 3.8) is 0 Å². The van der Waals surface area contributed by atoms with Crippen molar-refractivity contribution >= 4 is 21.8 Å². The van der Waals surface area contributed by atoms with Gasteiger partial charge in [-0.25, -0.2) is 4.72 Å². The molecule has 1 aliphatic heterocycles. The number of halogens is 1. The van der Waals surface area contributed by atoms with Gasteiger partial charge < -0.3 is 9.47 Å². The van der Waals surface area contributed by atoms with Gasteiger partial charge in [-0.1, -0.05) is 30.9 Å². The van der Waals surface area contributed by atoms with Crippen LogP contribution in [0.2, 0.25) is 5.02 Å². The molecule has 1 aromatic carbocycles. The zero-order valence-electron chi connectivity index (χ0n) is 14.5. The van der Waals surface area contributed by atoms with Crippen molar-refractivity contribution in [1.82, 2.24) is 9.03 Å². The molecule has 0 aromatic heterocycles. The average Bonchev–Trinajstić information content (AvgIpc) is 2.62. The van der Waals surface area contributed by atoms with E-state index in [2.05, 4.69) is 4.72 Å². The second-order valence-corrected chi connectivity index (χ2v) is 8.78. The molecule has 1 saturated carbocycles. The number of fused-ring (bicyclic) bond motifs is 1. The van der Waals surface area contributed by atoms with Gasteiger partial charge in [0.2, 0.25) is 0 Å². The van der Waals surface area contributed by atoms with Crippen LogP contribution in [0.4, 0.5) is 0 Å². The molecule has 1 fully saturated rings. The van der Waals surface area contributed by atoms with E-state index in [9.17, 15) is 8.42 Å². The van der Waals surface area contributed by atoms with Crippen molar-refractivity contribution in [2.24, 2.45) is 0 Å². The molecular weight excluding hydrogens is 364 g/mol. The minimum atomic E-state index is -3.46. The second kappa shape index (κ2) is 8.12. The molecule has 0 radical (unpaired) electrons. The van der Waals surface area contributed by atoms with Crippen LogP contribution in [0, 0.1) is 0 Å². The van der Waals surface area contributed by atoms with Crippen molar-refractivity contribution < 1.29 is 17.9 Å². The minimum Gasteiger partial charge on any atom is -0.486 e. The molecule has 140 valence electrons. The Morgan fingerprint density at radius 1 is 1.20 bits per heavy atom. The average molecular weight is 389 g/mol. The van der Waals surface area contributed by atoms with E-state index >= 15 is 0 Å². The zero-order valence-corrected chi connectivity index (χ0v) is 16.0. The standard InChI is InChI=1S/C17H25ClN2O4S/c1-20(14-5-3-2-4-6-14)25(21,22)19-8-7-13-11-15(18)17-16(12-13)23-9-10-24-17/h11-12,14,19H,2-10H2,1H3. The van der Waals surface area contributed by atoms with Gasteiger partial charge in [-0.2, -0.15) is 12.7 Å². The fourth-order valence-electron chi connectivity index (χ4n) is 3.38. The monoisotopic (exact) mass is 388 g/mol. The highest BCUT2D eigenvalue weighted by Crippen LogP contribution is 2.38. The third kappa shape index (κ3) is 4.58. The molecule has 0 spiro atoms. The van der Waals surface area contributed by atoms with Gasteiger partial charge in [0.15, 0.2) is 11.5 Å². The maximum atomic E-state index is 12.5. The number of benzene rings is 1. The van der Waals surface area contributed by atoms with E-state index in [1.165, 1.54) is 10.7 Å². The lowest BCUT2D eigenvalue weighted by atomic mass is 9.96. The third-order valence-corrected chi connectivity index (χ3v) is 6.73. The van der Waals surface area contributed by atoms with Crippen LogP contribution in [-0.2, 0) is 16.6 Å². The molecular formula is C17H25ClN2O4S. The zero-order chi connectivity index (χ0) is 17.9. The van der Waals surface area contributed by atoms with Crippen LogP contribution in [0.3, 0.4) is 0 Å². The Morgan fingerprint density at radius 2 is 1.92 bits per heavy atom. The van der Waals surface area contributed by atoms with Gasteiger partial charge in [-0.3, -0.25) is 0 Å². The molecule has 0 unspecified atom stereocenters. The quantitative estimate of drug-likeness (QED) is 0.813. The minimum absolute atomic E-state index is 0.106. The lowest BCUT2D eigenvalue weighted by molar-refractivity contribution is 0.171. The predicted molar refractivity (Wildman–Crippen MR) is 97.7 cm³/mol. The van der Waals surface area contributed by atoms with Gasteiger partial charge in [0.1, 0.15) is 13.2 Å². The first-order valence-electron chi connectivity index (χ1n) is 8.78. The summed E-state index contributed by atoms with van der Waals surface area (Å²) in [6.07, 6.45) is 5.81. The summed E-state index contributed by atoms with van der Waals surface area (Å²) in [5.41, 5.74) is 0.914. The predicted octanol–water partition coefficient (Wildman–Crippen LogP) is 2.75. The molecule has 0 saturated heterocycles. The Balaban J connectivity index is 1.57. The summed E-state index contributed by atoms with van der Waals surface area (Å²) in [5, 5.41) is 0.495. The Bertz CT molecular complexity index is 705. The van der Waals surface area contributed by atoms with Crippen molar-refractivity contribution in [3.05, 3.63) is 22.7 Å². The Labute approximate surface area is 154 Å². The van der Waals surface area contributed by atoms with Crippen LogP contribution < -0.4 is 14.2 Å². The smallest absolute Gasteiger partial charge is 0.279 e. The maximum absolute atomic E-state index is 12.5. The number of hydrogen-bond acceptors (Lipinski definition) is 4. The SMILES string of the molecule is CN(C1CCCCC1)S(=O)(=O)NCCc1cc(Cl)c2c(c1)OCCO2. The molecule has 0 bridgehead atoms. The number of ether oxygens (including phenoxy) is 2. The van der Waals surface area contributed by atoms with Gasteiger partial charge in [0.05, 0.1) is 5.02 Å². The summed E-state index contributed by atoms with van der Waals surface area (Å²) in [7, 11) is -1.80. The highest BCUT2D eigenvalue weighted by atomic mass is 35.5. The van der Waals surface area contributed by atoms with Crippen molar-refractivity contribution in [3.8, 4) is 11.5 Å². The summed E-state index contributed by atoms with van der Waals surface area (Å²) in [4.78, 5) is 0. The molecule has 1 aromatic rings. The van der Waals surface area contributed by atoms with Gasteiger partial charge >= 0.3 is 0 Å². The van der Waals surface area contributed by atoms with Crippen molar-refractivity contribution in [1.29, 1.82) is 0 Å². The summed E-state index contributed by atoms with van der Waals surface area (Å²) >= 11 is 6.22. The number of nitrogens with zero attached hydrogens (tertiary/aromatic N) is 1. The van der Waals surface area contributed by atoms with Crippen LogP contribution >= 0.6 is 11.6 Å². The van der Waals surface area contributed by atoms with E-state index in [0.717, 1.165) is 31.2 Å². The number of nitrogens with one attached hydrogen (secondary N) is 1. The Hall–Kier alpha value is -1.02. The largest absolute Gasteiger partial charge is 0.486 e. The molecule has 0 amide bonds. The molecule has 1 aliphatic carbocycles. The first kappa shape index (κ1) is 18.8. The summed E-state index contributed by atoms with van der Waals surface area (Å²) < 4.78 is 40.1.